The van der Waals surface area contributed by atoms with Crippen molar-refractivity contribution in [3.63, 3.8) is 0 Å². The van der Waals surface area contributed by atoms with E-state index in [1.807, 2.05) is 0 Å². The van der Waals surface area contributed by atoms with Crippen LogP contribution in [0, 0.1) is 0 Å². The van der Waals surface area contributed by atoms with Gasteiger partial charge in [0.25, 0.3) is 0 Å². The Kier molecular flexibility index (Phi) is 6.14. The van der Waals surface area contributed by atoms with Crippen molar-refractivity contribution in [3.8, 4) is 0 Å². The molecular formula is C13H20Cl2N4. The number of aromatic nitrogens is 2. The molecule has 0 radical (unpaired) electrons. The summed E-state index contributed by atoms with van der Waals surface area (Å²) in [5, 5.41) is 7.46. The van der Waals surface area contributed by atoms with Crippen molar-refractivity contribution in [2.75, 3.05) is 18.4 Å². The Hall–Kier alpha value is -0.580. The maximum Gasteiger partial charge on any atom is 0.225 e. The summed E-state index contributed by atoms with van der Waals surface area (Å²) in [7, 11) is 0. The van der Waals surface area contributed by atoms with Gasteiger partial charge in [0.05, 0.1) is 0 Å². The first-order chi connectivity index (χ1) is 9.24. The molecule has 1 aromatic heterocycles. The Morgan fingerprint density at radius 2 is 1.74 bits per heavy atom. The standard InChI is InChI=1S/C13H20Cl2N4/c14-11-9-12(15)19-13(18-11)17-8-4-7-16-10-5-2-1-3-6-10/h9-10,16H,1-8H2,(H,17,18,19). The van der Waals surface area contributed by atoms with Gasteiger partial charge in [0, 0.05) is 18.7 Å². The number of anilines is 1. The molecule has 0 atom stereocenters. The Balaban J connectivity index is 1.60. The molecule has 1 saturated carbocycles. The monoisotopic (exact) mass is 302 g/mol. The normalized spacial score (nSPS) is 16.5. The third-order valence-corrected chi connectivity index (χ3v) is 3.73. The molecule has 0 aliphatic heterocycles. The Morgan fingerprint density at radius 3 is 2.42 bits per heavy atom. The van der Waals surface area contributed by atoms with Gasteiger partial charge >= 0.3 is 0 Å². The highest BCUT2D eigenvalue weighted by Crippen LogP contribution is 2.17. The predicted octanol–water partition coefficient (Wildman–Crippen LogP) is 3.51. The number of hydrogen-bond acceptors (Lipinski definition) is 4. The number of hydrogen-bond donors (Lipinski definition) is 2. The number of halogens is 2. The lowest BCUT2D eigenvalue weighted by molar-refractivity contribution is 0.373. The molecular weight excluding hydrogens is 283 g/mol. The molecule has 0 bridgehead atoms. The fourth-order valence-corrected chi connectivity index (χ4v) is 2.79. The van der Waals surface area contributed by atoms with E-state index in [0.29, 0.717) is 22.3 Å². The van der Waals surface area contributed by atoms with E-state index in [0.717, 1.165) is 19.5 Å². The molecule has 0 spiro atoms. The van der Waals surface area contributed by atoms with Crippen LogP contribution in [0.5, 0.6) is 0 Å². The molecule has 19 heavy (non-hydrogen) atoms. The molecule has 0 amide bonds. The van der Waals surface area contributed by atoms with Gasteiger partial charge in [-0.15, -0.1) is 0 Å². The van der Waals surface area contributed by atoms with Crippen molar-refractivity contribution in [1.29, 1.82) is 0 Å². The van der Waals surface area contributed by atoms with E-state index in [9.17, 15) is 0 Å². The summed E-state index contributed by atoms with van der Waals surface area (Å²) < 4.78 is 0. The van der Waals surface area contributed by atoms with Crippen molar-refractivity contribution >= 4 is 29.2 Å². The SMILES string of the molecule is Clc1cc(Cl)nc(NCCCNC2CCCCC2)n1. The van der Waals surface area contributed by atoms with E-state index in [1.165, 1.54) is 38.2 Å². The van der Waals surface area contributed by atoms with Crippen molar-refractivity contribution in [1.82, 2.24) is 15.3 Å². The molecule has 0 aromatic carbocycles. The van der Waals surface area contributed by atoms with Gasteiger partial charge in [-0.05, 0) is 25.8 Å². The number of nitrogens with zero attached hydrogens (tertiary/aromatic N) is 2. The second-order valence-electron chi connectivity index (χ2n) is 4.91. The summed E-state index contributed by atoms with van der Waals surface area (Å²) in [4.78, 5) is 8.12. The van der Waals surface area contributed by atoms with Gasteiger partial charge in [0.2, 0.25) is 5.95 Å². The summed E-state index contributed by atoms with van der Waals surface area (Å²) in [6, 6.07) is 2.24. The number of rotatable bonds is 6. The second kappa shape index (κ2) is 7.88. The molecule has 1 aliphatic carbocycles. The van der Waals surface area contributed by atoms with Crippen LogP contribution < -0.4 is 10.6 Å². The lowest BCUT2D eigenvalue weighted by Gasteiger charge is -2.22. The fraction of sp³-hybridized carbons (Fsp3) is 0.692. The molecule has 1 aromatic rings. The molecule has 6 heteroatoms. The quantitative estimate of drug-likeness (QED) is 0.624. The van der Waals surface area contributed by atoms with E-state index in [-0.39, 0.29) is 0 Å². The van der Waals surface area contributed by atoms with Crippen molar-refractivity contribution in [2.24, 2.45) is 0 Å². The van der Waals surface area contributed by atoms with Gasteiger partial charge in [-0.1, -0.05) is 42.5 Å². The van der Waals surface area contributed by atoms with Crippen LogP contribution >= 0.6 is 23.2 Å². The van der Waals surface area contributed by atoms with E-state index >= 15 is 0 Å². The Bertz CT molecular complexity index is 374. The zero-order valence-electron chi connectivity index (χ0n) is 11.0. The van der Waals surface area contributed by atoms with E-state index in [4.69, 9.17) is 23.2 Å². The average molecular weight is 303 g/mol. The summed E-state index contributed by atoms with van der Waals surface area (Å²) in [5.74, 6) is 0.496. The van der Waals surface area contributed by atoms with Gasteiger partial charge < -0.3 is 10.6 Å². The highest BCUT2D eigenvalue weighted by molar-refractivity contribution is 6.33. The molecule has 1 aliphatic rings. The minimum absolute atomic E-state index is 0.364. The van der Waals surface area contributed by atoms with Crippen LogP contribution in [0.25, 0.3) is 0 Å². The lowest BCUT2D eigenvalue weighted by atomic mass is 9.95. The van der Waals surface area contributed by atoms with Gasteiger partial charge in [0.15, 0.2) is 0 Å². The fourth-order valence-electron chi connectivity index (χ4n) is 2.37. The van der Waals surface area contributed by atoms with Gasteiger partial charge in [0.1, 0.15) is 10.3 Å². The van der Waals surface area contributed by atoms with Crippen LogP contribution in [0.3, 0.4) is 0 Å². The third-order valence-electron chi connectivity index (χ3n) is 3.34. The molecule has 4 nitrogen and oxygen atoms in total. The molecule has 2 N–H and O–H groups in total. The smallest absolute Gasteiger partial charge is 0.225 e. The predicted molar refractivity (Wildman–Crippen MR) is 80.0 cm³/mol. The molecule has 106 valence electrons. The molecule has 1 heterocycles. The van der Waals surface area contributed by atoms with Crippen LogP contribution in [0.1, 0.15) is 38.5 Å². The first-order valence-corrected chi connectivity index (χ1v) is 7.67. The maximum atomic E-state index is 5.80. The zero-order chi connectivity index (χ0) is 13.5. The highest BCUT2D eigenvalue weighted by atomic mass is 35.5. The van der Waals surface area contributed by atoms with Crippen molar-refractivity contribution in [3.05, 3.63) is 16.4 Å². The first kappa shape index (κ1) is 14.8. The van der Waals surface area contributed by atoms with Crippen LogP contribution in [-0.4, -0.2) is 29.1 Å². The molecule has 2 rings (SSSR count). The van der Waals surface area contributed by atoms with Crippen LogP contribution in [-0.2, 0) is 0 Å². The highest BCUT2D eigenvalue weighted by Gasteiger charge is 2.11. The lowest BCUT2D eigenvalue weighted by Crippen LogP contribution is -2.32. The zero-order valence-corrected chi connectivity index (χ0v) is 12.5. The van der Waals surface area contributed by atoms with Crippen LogP contribution in [0.15, 0.2) is 6.07 Å². The van der Waals surface area contributed by atoms with Gasteiger partial charge in [-0.3, -0.25) is 0 Å². The average Bonchev–Trinajstić information content (AvgIpc) is 2.38. The van der Waals surface area contributed by atoms with Crippen LogP contribution in [0.2, 0.25) is 10.3 Å². The topological polar surface area (TPSA) is 49.8 Å². The number of nitrogens with one attached hydrogen (secondary N) is 2. The largest absolute Gasteiger partial charge is 0.354 e. The minimum atomic E-state index is 0.364. The van der Waals surface area contributed by atoms with E-state index < -0.39 is 0 Å². The second-order valence-corrected chi connectivity index (χ2v) is 5.68. The van der Waals surface area contributed by atoms with Crippen molar-refractivity contribution < 1.29 is 0 Å². The Labute approximate surface area is 124 Å². The maximum absolute atomic E-state index is 5.80. The van der Waals surface area contributed by atoms with E-state index in [1.54, 1.807) is 0 Å². The minimum Gasteiger partial charge on any atom is -0.354 e. The molecule has 1 fully saturated rings. The first-order valence-electron chi connectivity index (χ1n) is 6.91. The van der Waals surface area contributed by atoms with Gasteiger partial charge in [-0.2, -0.15) is 0 Å². The summed E-state index contributed by atoms with van der Waals surface area (Å²) in [5.41, 5.74) is 0. The van der Waals surface area contributed by atoms with Gasteiger partial charge in [-0.25, -0.2) is 9.97 Å². The third kappa shape index (κ3) is 5.51. The Morgan fingerprint density at radius 1 is 1.05 bits per heavy atom. The molecule has 0 saturated heterocycles. The van der Waals surface area contributed by atoms with Crippen LogP contribution in [0.4, 0.5) is 5.95 Å². The van der Waals surface area contributed by atoms with Crippen molar-refractivity contribution in [2.45, 2.75) is 44.6 Å². The summed E-state index contributed by atoms with van der Waals surface area (Å²) >= 11 is 11.6. The molecule has 0 unspecified atom stereocenters. The summed E-state index contributed by atoms with van der Waals surface area (Å²) in [6.45, 7) is 1.84. The van der Waals surface area contributed by atoms with E-state index in [2.05, 4.69) is 20.6 Å². The summed E-state index contributed by atoms with van der Waals surface area (Å²) in [6.07, 6.45) is 7.80.